The minimum Gasteiger partial charge on any atom is -0.368 e. The van der Waals surface area contributed by atoms with E-state index < -0.39 is 0 Å². The van der Waals surface area contributed by atoms with Gasteiger partial charge in [-0.15, -0.1) is 0 Å². The first kappa shape index (κ1) is 9.37. The predicted octanol–water partition coefficient (Wildman–Crippen LogP) is 1.84. The lowest BCUT2D eigenvalue weighted by Gasteiger charge is -2.24. The van der Waals surface area contributed by atoms with Crippen molar-refractivity contribution in [3.63, 3.8) is 0 Å². The fourth-order valence-corrected chi connectivity index (χ4v) is 1.53. The van der Waals surface area contributed by atoms with Gasteiger partial charge in [0.2, 0.25) is 5.95 Å². The van der Waals surface area contributed by atoms with Crippen molar-refractivity contribution in [2.24, 2.45) is 0 Å². The van der Waals surface area contributed by atoms with Crippen LogP contribution in [0.4, 0.5) is 5.95 Å². The Bertz CT molecular complexity index is 331. The molecule has 0 radical (unpaired) electrons. The third kappa shape index (κ3) is 1.69. The Morgan fingerprint density at radius 1 is 1.21 bits per heavy atom. The van der Waals surface area contributed by atoms with Crippen LogP contribution < -0.4 is 5.73 Å². The van der Waals surface area contributed by atoms with E-state index >= 15 is 0 Å². The van der Waals surface area contributed by atoms with Crippen LogP contribution in [0.25, 0.3) is 0 Å². The first-order valence-corrected chi connectivity index (χ1v) is 5.18. The highest BCUT2D eigenvalue weighted by atomic mass is 15.1. The van der Waals surface area contributed by atoms with E-state index in [4.69, 9.17) is 5.73 Å². The summed E-state index contributed by atoms with van der Waals surface area (Å²) < 4.78 is 0. The second-order valence-electron chi connectivity index (χ2n) is 4.19. The molecule has 76 valence electrons. The summed E-state index contributed by atoms with van der Waals surface area (Å²) in [5, 5.41) is 0. The fourth-order valence-electron chi connectivity index (χ4n) is 1.53. The van der Waals surface area contributed by atoms with E-state index in [9.17, 15) is 0 Å². The largest absolute Gasteiger partial charge is 0.368 e. The van der Waals surface area contributed by atoms with Crippen LogP contribution in [0.1, 0.15) is 56.6 Å². The van der Waals surface area contributed by atoms with E-state index in [0.29, 0.717) is 17.8 Å². The molecule has 14 heavy (non-hydrogen) atoms. The first-order chi connectivity index (χ1) is 6.66. The van der Waals surface area contributed by atoms with Crippen molar-refractivity contribution in [1.82, 2.24) is 15.0 Å². The van der Waals surface area contributed by atoms with Crippen LogP contribution in [-0.4, -0.2) is 15.0 Å². The molecule has 0 aliphatic heterocycles. The molecule has 0 bridgehead atoms. The van der Waals surface area contributed by atoms with E-state index in [1.807, 2.05) is 0 Å². The summed E-state index contributed by atoms with van der Waals surface area (Å²) in [6.45, 7) is 4.14. The molecule has 0 atom stereocenters. The highest BCUT2D eigenvalue weighted by Gasteiger charge is 2.23. The number of hydrogen-bond acceptors (Lipinski definition) is 4. The normalized spacial score (nSPS) is 17.1. The van der Waals surface area contributed by atoms with Crippen molar-refractivity contribution in [1.29, 1.82) is 0 Å². The van der Waals surface area contributed by atoms with Crippen LogP contribution in [0.3, 0.4) is 0 Å². The van der Waals surface area contributed by atoms with Gasteiger partial charge in [0, 0.05) is 11.8 Å². The molecule has 0 spiro atoms. The van der Waals surface area contributed by atoms with Crippen molar-refractivity contribution >= 4 is 5.95 Å². The van der Waals surface area contributed by atoms with E-state index in [-0.39, 0.29) is 0 Å². The lowest BCUT2D eigenvalue weighted by molar-refractivity contribution is 0.398. The standard InChI is InChI=1S/C10H16N4/c1-6(2)8-12-9(7-4-3-5-7)14-10(11)13-8/h6-7H,3-5H2,1-2H3,(H2,11,12,13,14). The molecule has 0 unspecified atom stereocenters. The quantitative estimate of drug-likeness (QED) is 0.776. The highest BCUT2D eigenvalue weighted by molar-refractivity contribution is 5.19. The number of nitrogens with two attached hydrogens (primary N) is 1. The molecule has 1 aromatic rings. The molecule has 1 aromatic heterocycles. The zero-order chi connectivity index (χ0) is 10.1. The fraction of sp³-hybridized carbons (Fsp3) is 0.700. The van der Waals surface area contributed by atoms with Gasteiger partial charge in [-0.1, -0.05) is 20.3 Å². The Labute approximate surface area is 84.0 Å². The molecule has 1 aliphatic carbocycles. The van der Waals surface area contributed by atoms with Crippen LogP contribution in [0.2, 0.25) is 0 Å². The monoisotopic (exact) mass is 192 g/mol. The summed E-state index contributed by atoms with van der Waals surface area (Å²) in [5.74, 6) is 2.93. The average Bonchev–Trinajstić information content (AvgIpc) is 1.99. The molecule has 1 heterocycles. The maximum absolute atomic E-state index is 5.65. The number of hydrogen-bond donors (Lipinski definition) is 1. The summed E-state index contributed by atoms with van der Waals surface area (Å²) in [5.41, 5.74) is 5.65. The Kier molecular flexibility index (Phi) is 2.35. The van der Waals surface area contributed by atoms with Crippen molar-refractivity contribution < 1.29 is 0 Å². The number of nitrogen functional groups attached to an aromatic ring is 1. The number of rotatable bonds is 2. The highest BCUT2D eigenvalue weighted by Crippen LogP contribution is 2.34. The first-order valence-electron chi connectivity index (χ1n) is 5.18. The minimum absolute atomic E-state index is 0.319. The molecular formula is C10H16N4. The summed E-state index contributed by atoms with van der Waals surface area (Å²) in [4.78, 5) is 12.8. The Morgan fingerprint density at radius 3 is 2.43 bits per heavy atom. The summed E-state index contributed by atoms with van der Waals surface area (Å²) >= 11 is 0. The van der Waals surface area contributed by atoms with Gasteiger partial charge in [0.1, 0.15) is 11.6 Å². The molecule has 4 heteroatoms. The zero-order valence-corrected chi connectivity index (χ0v) is 8.70. The van der Waals surface area contributed by atoms with E-state index in [1.54, 1.807) is 0 Å². The van der Waals surface area contributed by atoms with Gasteiger partial charge < -0.3 is 5.73 Å². The van der Waals surface area contributed by atoms with Gasteiger partial charge in [0.05, 0.1) is 0 Å². The summed E-state index contributed by atoms with van der Waals surface area (Å²) in [7, 11) is 0. The van der Waals surface area contributed by atoms with Gasteiger partial charge in [-0.25, -0.2) is 4.98 Å². The minimum atomic E-state index is 0.319. The number of nitrogens with zero attached hydrogens (tertiary/aromatic N) is 3. The van der Waals surface area contributed by atoms with Gasteiger partial charge >= 0.3 is 0 Å². The van der Waals surface area contributed by atoms with Crippen LogP contribution in [-0.2, 0) is 0 Å². The van der Waals surface area contributed by atoms with Crippen LogP contribution >= 0.6 is 0 Å². The summed E-state index contributed by atoms with van der Waals surface area (Å²) in [6, 6.07) is 0. The molecule has 4 nitrogen and oxygen atoms in total. The maximum atomic E-state index is 5.65. The van der Waals surface area contributed by atoms with Gasteiger partial charge in [-0.2, -0.15) is 9.97 Å². The van der Waals surface area contributed by atoms with Crippen molar-refractivity contribution in [2.75, 3.05) is 5.73 Å². The predicted molar refractivity (Wildman–Crippen MR) is 54.9 cm³/mol. The Hall–Kier alpha value is -1.19. The van der Waals surface area contributed by atoms with Crippen molar-refractivity contribution in [3.8, 4) is 0 Å². The maximum Gasteiger partial charge on any atom is 0.223 e. The van der Waals surface area contributed by atoms with Crippen LogP contribution in [0, 0.1) is 0 Å². The van der Waals surface area contributed by atoms with Crippen LogP contribution in [0.15, 0.2) is 0 Å². The third-order valence-electron chi connectivity index (χ3n) is 2.67. The number of aromatic nitrogens is 3. The smallest absolute Gasteiger partial charge is 0.223 e. The van der Waals surface area contributed by atoms with E-state index in [1.165, 1.54) is 19.3 Å². The lowest BCUT2D eigenvalue weighted by atomic mass is 9.85. The molecule has 1 saturated carbocycles. The molecule has 0 aromatic carbocycles. The SMILES string of the molecule is CC(C)c1nc(N)nc(C2CCC2)n1. The second-order valence-corrected chi connectivity index (χ2v) is 4.19. The molecule has 1 fully saturated rings. The van der Waals surface area contributed by atoms with E-state index in [2.05, 4.69) is 28.8 Å². The lowest BCUT2D eigenvalue weighted by Crippen LogP contribution is -2.16. The zero-order valence-electron chi connectivity index (χ0n) is 8.70. The van der Waals surface area contributed by atoms with Gasteiger partial charge in [-0.3, -0.25) is 0 Å². The molecule has 2 rings (SSSR count). The van der Waals surface area contributed by atoms with Gasteiger partial charge in [0.25, 0.3) is 0 Å². The molecule has 2 N–H and O–H groups in total. The third-order valence-corrected chi connectivity index (χ3v) is 2.67. The topological polar surface area (TPSA) is 64.7 Å². The van der Waals surface area contributed by atoms with Gasteiger partial charge in [0.15, 0.2) is 0 Å². The van der Waals surface area contributed by atoms with E-state index in [0.717, 1.165) is 11.6 Å². The Morgan fingerprint density at radius 2 is 1.93 bits per heavy atom. The van der Waals surface area contributed by atoms with Crippen molar-refractivity contribution in [2.45, 2.75) is 44.9 Å². The molecule has 0 saturated heterocycles. The van der Waals surface area contributed by atoms with Crippen molar-refractivity contribution in [3.05, 3.63) is 11.6 Å². The second kappa shape index (κ2) is 3.52. The Balaban J connectivity index is 2.30. The molecular weight excluding hydrogens is 176 g/mol. The number of anilines is 1. The average molecular weight is 192 g/mol. The molecule has 0 amide bonds. The summed E-state index contributed by atoms with van der Waals surface area (Å²) in [6.07, 6.45) is 3.68. The molecule has 1 aliphatic rings. The van der Waals surface area contributed by atoms with Crippen LogP contribution in [0.5, 0.6) is 0 Å². The van der Waals surface area contributed by atoms with Gasteiger partial charge in [-0.05, 0) is 12.8 Å².